The first-order valence-corrected chi connectivity index (χ1v) is 10.6. The lowest BCUT2D eigenvalue weighted by atomic mass is 9.98. The van der Waals surface area contributed by atoms with Crippen LogP contribution in [0, 0.1) is 0 Å². The van der Waals surface area contributed by atoms with E-state index in [9.17, 15) is 9.18 Å². The summed E-state index contributed by atoms with van der Waals surface area (Å²) in [6.45, 7) is 5.35. The van der Waals surface area contributed by atoms with Gasteiger partial charge in [-0.15, -0.1) is 11.3 Å². The normalized spacial score (nSPS) is 17.0. The number of alkyl halides is 1. The van der Waals surface area contributed by atoms with Crippen LogP contribution in [0.25, 0.3) is 0 Å². The lowest BCUT2D eigenvalue weighted by Gasteiger charge is -2.27. The lowest BCUT2D eigenvalue weighted by molar-refractivity contribution is 0.0922. The van der Waals surface area contributed by atoms with E-state index in [-0.39, 0.29) is 11.9 Å². The highest BCUT2D eigenvalue weighted by Crippen LogP contribution is 2.36. The lowest BCUT2D eigenvalue weighted by Crippen LogP contribution is -2.32. The highest BCUT2D eigenvalue weighted by Gasteiger charge is 2.30. The minimum absolute atomic E-state index is 0.139. The number of hydrogen-bond donors (Lipinski definition) is 1. The molecule has 1 aromatic carbocycles. The molecular formula is C22H25ClFNO2S. The van der Waals surface area contributed by atoms with Gasteiger partial charge in [0.1, 0.15) is 11.4 Å². The minimum atomic E-state index is -1.59. The third-order valence-corrected chi connectivity index (χ3v) is 6.06. The van der Waals surface area contributed by atoms with Crippen LogP contribution < -0.4 is 10.1 Å². The van der Waals surface area contributed by atoms with Crippen molar-refractivity contribution in [3.63, 3.8) is 0 Å². The van der Waals surface area contributed by atoms with E-state index in [1.807, 2.05) is 43.3 Å². The Kier molecular flexibility index (Phi) is 6.46. The number of fused-ring (bicyclic) bond motifs is 1. The molecule has 0 unspecified atom stereocenters. The molecule has 1 amide bonds. The molecule has 0 bridgehead atoms. The van der Waals surface area contributed by atoms with Crippen LogP contribution in [0.3, 0.4) is 0 Å². The molecule has 3 nitrogen and oxygen atoms in total. The van der Waals surface area contributed by atoms with Crippen LogP contribution in [-0.2, 0) is 12.1 Å². The quantitative estimate of drug-likeness (QED) is 0.595. The van der Waals surface area contributed by atoms with Gasteiger partial charge in [0.2, 0.25) is 0 Å². The summed E-state index contributed by atoms with van der Waals surface area (Å²) in [6, 6.07) is 9.38. The van der Waals surface area contributed by atoms with Crippen LogP contribution in [-0.4, -0.2) is 12.5 Å². The van der Waals surface area contributed by atoms with E-state index >= 15 is 0 Å². The molecule has 3 rings (SSSR count). The number of aryl methyl sites for hydroxylation is 1. The van der Waals surface area contributed by atoms with E-state index < -0.39 is 5.67 Å². The number of allylic oxidation sites excluding steroid dienone is 2. The maximum atomic E-state index is 14.8. The van der Waals surface area contributed by atoms with Crippen LogP contribution in [0.4, 0.5) is 4.39 Å². The largest absolute Gasteiger partial charge is 0.493 e. The zero-order chi connectivity index (χ0) is 20.3. The van der Waals surface area contributed by atoms with Crippen molar-refractivity contribution in [1.29, 1.82) is 0 Å². The van der Waals surface area contributed by atoms with Crippen molar-refractivity contribution in [2.24, 2.45) is 0 Å². The number of hydrogen-bond acceptors (Lipinski definition) is 3. The molecule has 1 aliphatic rings. The molecule has 0 fully saturated rings. The highest BCUT2D eigenvalue weighted by atomic mass is 35.5. The van der Waals surface area contributed by atoms with Gasteiger partial charge >= 0.3 is 0 Å². The number of para-hydroxylation sites is 1. The fraction of sp³-hybridized carbons (Fsp3) is 0.409. The molecule has 6 heteroatoms. The highest BCUT2D eigenvalue weighted by molar-refractivity contribution is 7.14. The van der Waals surface area contributed by atoms with Gasteiger partial charge in [-0.05, 0) is 45.7 Å². The Morgan fingerprint density at radius 3 is 2.89 bits per heavy atom. The van der Waals surface area contributed by atoms with Crippen molar-refractivity contribution < 1.29 is 13.9 Å². The van der Waals surface area contributed by atoms with Crippen molar-refractivity contribution in [3.05, 3.63) is 62.3 Å². The van der Waals surface area contributed by atoms with Crippen molar-refractivity contribution in [2.45, 2.75) is 51.7 Å². The molecule has 150 valence electrons. The van der Waals surface area contributed by atoms with E-state index in [4.69, 9.17) is 16.3 Å². The summed E-state index contributed by atoms with van der Waals surface area (Å²) < 4.78 is 20.5. The van der Waals surface area contributed by atoms with E-state index in [1.54, 1.807) is 0 Å². The fourth-order valence-corrected chi connectivity index (χ4v) is 4.64. The molecular weight excluding hydrogens is 397 g/mol. The van der Waals surface area contributed by atoms with Gasteiger partial charge in [-0.1, -0.05) is 35.9 Å². The topological polar surface area (TPSA) is 38.3 Å². The molecule has 0 spiro atoms. The minimum Gasteiger partial charge on any atom is -0.493 e. The second kappa shape index (κ2) is 8.66. The summed E-state index contributed by atoms with van der Waals surface area (Å²) in [7, 11) is 0. The SMILES string of the molecule is C/C(Cl)=C\CCc1cc(C(C)(C)F)c(C(=O)N[C@H]2CCOc3ccccc32)s1. The molecule has 0 aliphatic carbocycles. The summed E-state index contributed by atoms with van der Waals surface area (Å²) in [5.41, 5.74) is -0.188. The number of amides is 1. The van der Waals surface area contributed by atoms with Gasteiger partial charge in [0.15, 0.2) is 0 Å². The number of nitrogens with one attached hydrogen (secondary N) is 1. The van der Waals surface area contributed by atoms with Crippen molar-refractivity contribution in [1.82, 2.24) is 5.32 Å². The van der Waals surface area contributed by atoms with Crippen LogP contribution >= 0.6 is 22.9 Å². The second-order valence-electron chi connectivity index (χ2n) is 7.46. The fourth-order valence-electron chi connectivity index (χ4n) is 3.30. The average Bonchev–Trinajstić information content (AvgIpc) is 3.06. The van der Waals surface area contributed by atoms with Gasteiger partial charge < -0.3 is 10.1 Å². The number of halogens is 2. The predicted molar refractivity (Wildman–Crippen MR) is 113 cm³/mol. The Balaban J connectivity index is 1.83. The van der Waals surface area contributed by atoms with Crippen LogP contribution in [0.5, 0.6) is 5.75 Å². The van der Waals surface area contributed by atoms with E-state index in [0.29, 0.717) is 23.5 Å². The van der Waals surface area contributed by atoms with Gasteiger partial charge in [-0.2, -0.15) is 0 Å². The van der Waals surface area contributed by atoms with Crippen LogP contribution in [0.1, 0.15) is 65.3 Å². The summed E-state index contributed by atoms with van der Waals surface area (Å²) >= 11 is 7.24. The zero-order valence-electron chi connectivity index (χ0n) is 16.4. The van der Waals surface area contributed by atoms with Gasteiger partial charge in [0, 0.05) is 27.5 Å². The summed E-state index contributed by atoms with van der Waals surface area (Å²) in [4.78, 5) is 14.5. The van der Waals surface area contributed by atoms with Gasteiger partial charge in [0.25, 0.3) is 5.91 Å². The number of ether oxygens (including phenoxy) is 1. The molecule has 2 heterocycles. The maximum absolute atomic E-state index is 14.8. The first-order chi connectivity index (χ1) is 13.3. The standard InChI is InChI=1S/C22H25ClFNO2S/c1-14(23)7-6-8-15-13-17(22(2,3)24)20(28-15)21(26)25-18-11-12-27-19-10-5-4-9-16(18)19/h4-5,7,9-10,13,18H,6,8,11-12H2,1-3H3,(H,25,26)/b14-7+/t18-/m0/s1. The maximum Gasteiger partial charge on any atom is 0.262 e. The molecule has 2 aromatic rings. The Morgan fingerprint density at radius 2 is 2.18 bits per heavy atom. The van der Waals surface area contributed by atoms with E-state index in [2.05, 4.69) is 5.32 Å². The zero-order valence-corrected chi connectivity index (χ0v) is 17.9. The van der Waals surface area contributed by atoms with Crippen LogP contribution in [0.2, 0.25) is 0 Å². The summed E-state index contributed by atoms with van der Waals surface area (Å²) in [6.07, 6.45) is 4.11. The van der Waals surface area contributed by atoms with E-state index in [1.165, 1.54) is 25.2 Å². The third-order valence-electron chi connectivity index (χ3n) is 4.71. The third kappa shape index (κ3) is 4.95. The average molecular weight is 422 g/mol. The number of benzene rings is 1. The summed E-state index contributed by atoms with van der Waals surface area (Å²) in [5, 5.41) is 3.82. The molecule has 0 saturated heterocycles. The summed E-state index contributed by atoms with van der Waals surface area (Å²) in [5.74, 6) is 0.558. The van der Waals surface area contributed by atoms with Gasteiger partial charge in [-0.3, -0.25) is 4.79 Å². The number of rotatable bonds is 6. The Bertz CT molecular complexity index is 881. The Labute approximate surface area is 174 Å². The molecule has 0 saturated carbocycles. The van der Waals surface area contributed by atoms with Gasteiger partial charge in [-0.25, -0.2) is 4.39 Å². The predicted octanol–water partition coefficient (Wildman–Crippen LogP) is 6.28. The number of carbonyl (C=O) groups excluding carboxylic acids is 1. The molecule has 1 aliphatic heterocycles. The Hall–Kier alpha value is -1.85. The smallest absolute Gasteiger partial charge is 0.262 e. The van der Waals surface area contributed by atoms with Crippen molar-refractivity contribution >= 4 is 28.8 Å². The molecule has 0 radical (unpaired) electrons. The molecule has 1 atom stereocenters. The van der Waals surface area contributed by atoms with Crippen molar-refractivity contribution in [2.75, 3.05) is 6.61 Å². The molecule has 28 heavy (non-hydrogen) atoms. The number of thiophene rings is 1. The molecule has 1 N–H and O–H groups in total. The molecule has 1 aromatic heterocycles. The van der Waals surface area contributed by atoms with Gasteiger partial charge in [0.05, 0.1) is 17.5 Å². The first-order valence-electron chi connectivity index (χ1n) is 9.42. The first kappa shape index (κ1) is 20.9. The number of carbonyl (C=O) groups is 1. The van der Waals surface area contributed by atoms with E-state index in [0.717, 1.165) is 34.1 Å². The second-order valence-corrected chi connectivity index (χ2v) is 9.19. The van der Waals surface area contributed by atoms with Crippen molar-refractivity contribution in [3.8, 4) is 5.75 Å². The van der Waals surface area contributed by atoms with Crippen LogP contribution in [0.15, 0.2) is 41.4 Å². The Morgan fingerprint density at radius 1 is 1.43 bits per heavy atom. The monoisotopic (exact) mass is 421 g/mol.